The zero-order valence-electron chi connectivity index (χ0n) is 36.3. The normalized spacial score (nSPS) is 14.9. The van der Waals surface area contributed by atoms with Gasteiger partial charge in [-0.3, -0.25) is 0 Å². The zero-order valence-corrected chi connectivity index (χ0v) is 36.3. The molecule has 2 atom stereocenters. The Labute approximate surface area is 389 Å². The number of hydrogen-bond acceptors (Lipinski definition) is 7. The molecule has 0 radical (unpaired) electrons. The molecule has 0 saturated heterocycles. The molecule has 1 aliphatic heterocycles. The van der Waals surface area contributed by atoms with Gasteiger partial charge in [-0.1, -0.05) is 218 Å². The molecule has 0 bridgehead atoms. The molecule has 10 aromatic rings. The Balaban J connectivity index is 1.01. The van der Waals surface area contributed by atoms with Crippen molar-refractivity contribution in [1.82, 2.24) is 29.9 Å². The first-order valence-electron chi connectivity index (χ1n) is 22.5. The minimum absolute atomic E-state index is 0.0301. The maximum atomic E-state index is 5.25. The van der Waals surface area contributed by atoms with Gasteiger partial charge in [0.05, 0.1) is 6.04 Å². The first kappa shape index (κ1) is 39.6. The maximum Gasteiger partial charge on any atom is 0.234 e. The summed E-state index contributed by atoms with van der Waals surface area (Å²) in [5.41, 5.74) is 13.6. The average molecular weight is 860 g/mol. The molecule has 1 unspecified atom stereocenters. The van der Waals surface area contributed by atoms with Gasteiger partial charge in [0.25, 0.3) is 0 Å². The van der Waals surface area contributed by atoms with E-state index in [-0.39, 0.29) is 12.0 Å². The van der Waals surface area contributed by atoms with Gasteiger partial charge in [0, 0.05) is 39.4 Å². The number of fused-ring (bicyclic) bond motifs is 3. The summed E-state index contributed by atoms with van der Waals surface area (Å²) < 4.78 is 0. The molecule has 8 aromatic carbocycles. The number of rotatable bonds is 9. The predicted octanol–water partition coefficient (Wildman–Crippen LogP) is 14.0. The highest BCUT2D eigenvalue weighted by molar-refractivity contribution is 5.88. The summed E-state index contributed by atoms with van der Waals surface area (Å²) in [6.07, 6.45) is 6.97. The van der Waals surface area contributed by atoms with E-state index in [1.807, 2.05) is 72.8 Å². The lowest BCUT2D eigenvalue weighted by Crippen LogP contribution is -2.30. The summed E-state index contributed by atoms with van der Waals surface area (Å²) in [6, 6.07) is 74.9. The van der Waals surface area contributed by atoms with E-state index in [4.69, 9.17) is 29.9 Å². The van der Waals surface area contributed by atoms with E-state index < -0.39 is 0 Å². The fourth-order valence-electron chi connectivity index (χ4n) is 9.31. The molecule has 2 aromatic heterocycles. The molecule has 0 amide bonds. The van der Waals surface area contributed by atoms with Gasteiger partial charge in [0.1, 0.15) is 0 Å². The van der Waals surface area contributed by atoms with E-state index >= 15 is 0 Å². The van der Waals surface area contributed by atoms with Crippen molar-refractivity contribution in [2.75, 3.05) is 4.90 Å². The zero-order chi connectivity index (χ0) is 44.5. The molecule has 0 saturated carbocycles. The Morgan fingerprint density at radius 1 is 0.328 bits per heavy atom. The Bertz CT molecular complexity index is 3410. The van der Waals surface area contributed by atoms with E-state index in [0.717, 1.165) is 55.8 Å². The molecule has 7 heteroatoms. The molecule has 7 nitrogen and oxygen atoms in total. The monoisotopic (exact) mass is 859 g/mol. The van der Waals surface area contributed by atoms with E-state index in [2.05, 4.69) is 169 Å². The highest BCUT2D eigenvalue weighted by atomic mass is 15.3. The van der Waals surface area contributed by atoms with Crippen molar-refractivity contribution in [3.63, 3.8) is 0 Å². The van der Waals surface area contributed by atoms with Crippen LogP contribution < -0.4 is 4.90 Å². The lowest BCUT2D eigenvalue weighted by atomic mass is 9.83. The summed E-state index contributed by atoms with van der Waals surface area (Å²) in [7, 11) is 0. The number of allylic oxidation sites excluding steroid dienone is 2. The Morgan fingerprint density at radius 3 is 1.27 bits per heavy atom. The van der Waals surface area contributed by atoms with Crippen LogP contribution in [0.3, 0.4) is 0 Å². The summed E-state index contributed by atoms with van der Waals surface area (Å²) >= 11 is 0. The average Bonchev–Trinajstić information content (AvgIpc) is 3.76. The van der Waals surface area contributed by atoms with Gasteiger partial charge in [-0.15, -0.1) is 0 Å². The molecular formula is C60H41N7. The van der Waals surface area contributed by atoms with Gasteiger partial charge in [-0.2, -0.15) is 9.97 Å². The highest BCUT2D eigenvalue weighted by Gasteiger charge is 2.42. The lowest BCUT2D eigenvalue weighted by Gasteiger charge is -2.28. The third-order valence-corrected chi connectivity index (χ3v) is 12.5. The van der Waals surface area contributed by atoms with Crippen molar-refractivity contribution in [2.45, 2.75) is 12.0 Å². The number of anilines is 2. The second-order valence-corrected chi connectivity index (χ2v) is 16.7. The van der Waals surface area contributed by atoms with Crippen LogP contribution in [0.15, 0.2) is 237 Å². The molecule has 3 heterocycles. The van der Waals surface area contributed by atoms with Crippen molar-refractivity contribution in [3.8, 4) is 79.2 Å². The first-order valence-corrected chi connectivity index (χ1v) is 22.5. The third-order valence-electron chi connectivity index (χ3n) is 12.5. The van der Waals surface area contributed by atoms with Crippen molar-refractivity contribution < 1.29 is 0 Å². The standard InChI is InChI=1S/C60H41N7/c1-6-19-40(20-7-1)45-29-16-31-48(37-45)58-61-55(42-23-10-3-11-24-42)62-59(64-58)49-32-17-30-47(38-49)50-33-18-34-53-54(50)51-39-46(41-21-8-2-9-22-41)35-36-52(51)67(53)60-65-56(43-25-12-4-13-26-43)63-57(66-60)44-27-14-5-15-28-44/h1-39,51-52H/t51?,52-/m1/s1. The Morgan fingerprint density at radius 2 is 0.731 bits per heavy atom. The van der Waals surface area contributed by atoms with E-state index in [0.29, 0.717) is 35.1 Å². The number of nitrogens with zero attached hydrogens (tertiary/aromatic N) is 7. The smallest absolute Gasteiger partial charge is 0.234 e. The molecule has 12 rings (SSSR count). The summed E-state index contributed by atoms with van der Waals surface area (Å²) in [5, 5.41) is 0. The molecule has 1 aliphatic carbocycles. The number of aromatic nitrogens is 6. The lowest BCUT2D eigenvalue weighted by molar-refractivity contribution is 0.731. The minimum atomic E-state index is -0.104. The van der Waals surface area contributed by atoms with Crippen molar-refractivity contribution in [2.24, 2.45) is 0 Å². The van der Waals surface area contributed by atoms with Gasteiger partial charge in [-0.25, -0.2) is 19.9 Å². The summed E-state index contributed by atoms with van der Waals surface area (Å²) in [4.78, 5) is 33.2. The van der Waals surface area contributed by atoms with Gasteiger partial charge in [0.15, 0.2) is 29.1 Å². The molecule has 0 N–H and O–H groups in total. The Kier molecular flexibility index (Phi) is 10.2. The molecule has 2 aliphatic rings. The molecule has 316 valence electrons. The van der Waals surface area contributed by atoms with Crippen LogP contribution in [0.2, 0.25) is 0 Å². The van der Waals surface area contributed by atoms with Crippen molar-refractivity contribution in [1.29, 1.82) is 0 Å². The van der Waals surface area contributed by atoms with Crippen LogP contribution in [0.1, 0.15) is 17.0 Å². The number of hydrogen-bond donors (Lipinski definition) is 0. The highest BCUT2D eigenvalue weighted by Crippen LogP contribution is 2.52. The Hall–Kier alpha value is -8.94. The summed E-state index contributed by atoms with van der Waals surface area (Å²) in [5.74, 6) is 3.63. The second kappa shape index (κ2) is 17.2. The molecule has 0 spiro atoms. The largest absolute Gasteiger partial charge is 0.302 e. The van der Waals surface area contributed by atoms with Crippen LogP contribution >= 0.6 is 0 Å². The van der Waals surface area contributed by atoms with Gasteiger partial charge in [0.2, 0.25) is 5.95 Å². The quantitative estimate of drug-likeness (QED) is 0.143. The maximum absolute atomic E-state index is 5.25. The molecule has 0 fully saturated rings. The third kappa shape index (κ3) is 7.68. The van der Waals surface area contributed by atoms with Crippen LogP contribution in [0.25, 0.3) is 84.8 Å². The second-order valence-electron chi connectivity index (χ2n) is 16.7. The van der Waals surface area contributed by atoms with Crippen LogP contribution in [-0.2, 0) is 0 Å². The fraction of sp³-hybridized carbons (Fsp3) is 0.0333. The van der Waals surface area contributed by atoms with Crippen LogP contribution in [0.5, 0.6) is 0 Å². The van der Waals surface area contributed by atoms with Gasteiger partial charge in [-0.05, 0) is 57.2 Å². The topological polar surface area (TPSA) is 80.6 Å². The van der Waals surface area contributed by atoms with E-state index in [9.17, 15) is 0 Å². The van der Waals surface area contributed by atoms with Crippen LogP contribution in [0, 0.1) is 0 Å². The van der Waals surface area contributed by atoms with E-state index in [1.54, 1.807) is 0 Å². The fourth-order valence-corrected chi connectivity index (χ4v) is 9.31. The predicted molar refractivity (Wildman–Crippen MR) is 270 cm³/mol. The van der Waals surface area contributed by atoms with Gasteiger partial charge < -0.3 is 4.90 Å². The van der Waals surface area contributed by atoms with Crippen LogP contribution in [0.4, 0.5) is 11.6 Å². The molecule has 67 heavy (non-hydrogen) atoms. The first-order chi connectivity index (χ1) is 33.2. The number of benzene rings is 8. The van der Waals surface area contributed by atoms with E-state index in [1.165, 1.54) is 16.7 Å². The molecular weight excluding hydrogens is 819 g/mol. The van der Waals surface area contributed by atoms with Crippen molar-refractivity contribution in [3.05, 3.63) is 248 Å². The minimum Gasteiger partial charge on any atom is -0.302 e. The summed E-state index contributed by atoms with van der Waals surface area (Å²) in [6.45, 7) is 0. The van der Waals surface area contributed by atoms with Gasteiger partial charge >= 0.3 is 0 Å². The SMILES string of the molecule is C1=C[C@@H]2C(C=C1c1ccccc1)c1c(-c3cccc(-c4nc(-c5ccccc5)nc(-c5cccc(-c6ccccc6)c5)n4)c3)cccc1N2c1nc(-c2ccccc2)nc(-c2ccccc2)n1. The van der Waals surface area contributed by atoms with Crippen molar-refractivity contribution >= 4 is 17.2 Å². The van der Waals surface area contributed by atoms with Crippen LogP contribution in [-0.4, -0.2) is 35.9 Å².